The van der Waals surface area contributed by atoms with Crippen molar-refractivity contribution in [2.75, 3.05) is 31.1 Å². The van der Waals surface area contributed by atoms with Crippen LogP contribution in [-0.2, 0) is 4.79 Å². The third-order valence-electron chi connectivity index (χ3n) is 5.58. The number of rotatable bonds is 4. The van der Waals surface area contributed by atoms with Crippen molar-refractivity contribution in [3.8, 4) is 9.88 Å². The molecule has 2 aliphatic rings. The highest BCUT2D eigenvalue weighted by molar-refractivity contribution is 7.22. The van der Waals surface area contributed by atoms with Crippen LogP contribution in [0.25, 0.3) is 9.88 Å². The molecule has 0 N–H and O–H groups in total. The van der Waals surface area contributed by atoms with E-state index in [9.17, 15) is 14.4 Å². The first-order chi connectivity index (χ1) is 15.0. The number of benzene rings is 1. The molecule has 1 saturated heterocycles. The third-order valence-corrected chi connectivity index (χ3v) is 7.60. The van der Waals surface area contributed by atoms with Gasteiger partial charge in [0.15, 0.2) is 5.01 Å². The average Bonchev–Trinajstić information content (AvgIpc) is 3.54. The zero-order valence-corrected chi connectivity index (χ0v) is 18.4. The molecule has 0 saturated carbocycles. The fraction of sp³-hybridized carbons (Fsp3) is 0.286. The Morgan fingerprint density at radius 3 is 2.26 bits per heavy atom. The Kier molecular flexibility index (Phi) is 5.03. The van der Waals surface area contributed by atoms with Crippen LogP contribution in [-0.4, -0.2) is 69.9 Å². The van der Waals surface area contributed by atoms with Crippen LogP contribution in [0.4, 0.5) is 5.13 Å². The topological polar surface area (TPSA) is 86.7 Å². The summed E-state index contributed by atoms with van der Waals surface area (Å²) < 4.78 is 0. The zero-order chi connectivity index (χ0) is 21.5. The van der Waals surface area contributed by atoms with E-state index in [0.717, 1.165) is 19.9 Å². The minimum absolute atomic E-state index is 0.217. The summed E-state index contributed by atoms with van der Waals surface area (Å²) in [4.78, 5) is 44.4. The smallest absolute Gasteiger partial charge is 0.262 e. The number of anilines is 1. The number of fused-ring (bicyclic) bond motifs is 1. The van der Waals surface area contributed by atoms with Crippen molar-refractivity contribution in [2.45, 2.75) is 13.0 Å². The lowest BCUT2D eigenvalue weighted by Crippen LogP contribution is -2.55. The molecule has 0 radical (unpaired) electrons. The SMILES string of the molecule is CC(C(=O)N1CCN(c2nnc(-c3cccs3)s2)CC1)N1C(=O)c2ccccc2C1=O. The second kappa shape index (κ2) is 7.86. The first-order valence-corrected chi connectivity index (χ1v) is 11.6. The molecule has 31 heavy (non-hydrogen) atoms. The molecule has 0 aliphatic carbocycles. The molecule has 0 bridgehead atoms. The van der Waals surface area contributed by atoms with Gasteiger partial charge in [0.1, 0.15) is 6.04 Å². The Labute approximate surface area is 186 Å². The number of hydrogen-bond acceptors (Lipinski definition) is 8. The van der Waals surface area contributed by atoms with Crippen molar-refractivity contribution in [1.29, 1.82) is 0 Å². The summed E-state index contributed by atoms with van der Waals surface area (Å²) >= 11 is 3.17. The standard InChI is InChI=1S/C21H19N5O3S2/c1-13(26-19(28)14-5-2-3-6-15(14)20(26)29)18(27)24-8-10-25(11-9-24)21-23-22-17(31-21)16-7-4-12-30-16/h2-7,12-13H,8-11H2,1H3. The Morgan fingerprint density at radius 1 is 0.968 bits per heavy atom. The number of hydrogen-bond donors (Lipinski definition) is 0. The normalized spacial score (nSPS) is 17.3. The minimum Gasteiger partial charge on any atom is -0.343 e. The predicted octanol–water partition coefficient (Wildman–Crippen LogP) is 2.60. The molecule has 10 heteroatoms. The molecule has 0 spiro atoms. The molecule has 1 aromatic carbocycles. The quantitative estimate of drug-likeness (QED) is 0.565. The highest BCUT2D eigenvalue weighted by Crippen LogP contribution is 2.32. The van der Waals surface area contributed by atoms with Gasteiger partial charge in [-0.3, -0.25) is 19.3 Å². The maximum Gasteiger partial charge on any atom is 0.262 e. The number of nitrogens with zero attached hydrogens (tertiary/aromatic N) is 5. The van der Waals surface area contributed by atoms with E-state index in [2.05, 4.69) is 15.1 Å². The Bertz CT molecular complexity index is 1120. The summed E-state index contributed by atoms with van der Waals surface area (Å²) in [6.07, 6.45) is 0. The van der Waals surface area contributed by atoms with E-state index in [4.69, 9.17) is 0 Å². The highest BCUT2D eigenvalue weighted by atomic mass is 32.1. The molecule has 1 unspecified atom stereocenters. The van der Waals surface area contributed by atoms with Crippen molar-refractivity contribution in [1.82, 2.24) is 20.0 Å². The third kappa shape index (κ3) is 3.41. The molecule has 8 nitrogen and oxygen atoms in total. The number of carbonyl (C=O) groups is 3. The van der Waals surface area contributed by atoms with Crippen LogP contribution in [0, 0.1) is 0 Å². The van der Waals surface area contributed by atoms with E-state index in [1.165, 1.54) is 0 Å². The van der Waals surface area contributed by atoms with Crippen molar-refractivity contribution in [3.63, 3.8) is 0 Å². The number of thiophene rings is 1. The molecule has 3 aromatic rings. The second-order valence-electron chi connectivity index (χ2n) is 7.38. The minimum atomic E-state index is -0.842. The first kappa shape index (κ1) is 19.8. The molecule has 3 amide bonds. The zero-order valence-electron chi connectivity index (χ0n) is 16.7. The van der Waals surface area contributed by atoms with Crippen LogP contribution in [0.15, 0.2) is 41.8 Å². The van der Waals surface area contributed by atoms with E-state index in [1.54, 1.807) is 58.8 Å². The van der Waals surface area contributed by atoms with Crippen LogP contribution in [0.3, 0.4) is 0 Å². The Morgan fingerprint density at radius 2 is 1.65 bits per heavy atom. The number of carbonyl (C=O) groups excluding carboxylic acids is 3. The molecule has 2 aromatic heterocycles. The molecule has 158 valence electrons. The van der Waals surface area contributed by atoms with Crippen LogP contribution in [0.1, 0.15) is 27.6 Å². The van der Waals surface area contributed by atoms with Crippen LogP contribution in [0.5, 0.6) is 0 Å². The molecule has 4 heterocycles. The predicted molar refractivity (Wildman–Crippen MR) is 118 cm³/mol. The van der Waals surface area contributed by atoms with Gasteiger partial charge < -0.3 is 9.80 Å². The Balaban J connectivity index is 1.23. The maximum absolute atomic E-state index is 13.1. The molecule has 5 rings (SSSR count). The van der Waals surface area contributed by atoms with Crippen molar-refractivity contribution in [2.24, 2.45) is 0 Å². The van der Waals surface area contributed by atoms with Gasteiger partial charge in [0.25, 0.3) is 11.8 Å². The number of aromatic nitrogens is 2. The largest absolute Gasteiger partial charge is 0.343 e. The van der Waals surface area contributed by atoms with Crippen LogP contribution in [0.2, 0.25) is 0 Å². The summed E-state index contributed by atoms with van der Waals surface area (Å²) in [7, 11) is 0. The highest BCUT2D eigenvalue weighted by Gasteiger charge is 2.42. The van der Waals surface area contributed by atoms with Gasteiger partial charge in [0.2, 0.25) is 11.0 Å². The maximum atomic E-state index is 13.1. The molecule has 1 fully saturated rings. The molecular formula is C21H19N5O3S2. The average molecular weight is 454 g/mol. The van der Waals surface area contributed by atoms with E-state index in [-0.39, 0.29) is 5.91 Å². The monoisotopic (exact) mass is 453 g/mol. The summed E-state index contributed by atoms with van der Waals surface area (Å²) in [6, 6.07) is 9.85. The second-order valence-corrected chi connectivity index (χ2v) is 9.28. The van der Waals surface area contributed by atoms with Gasteiger partial charge in [-0.2, -0.15) is 0 Å². The van der Waals surface area contributed by atoms with Crippen molar-refractivity contribution < 1.29 is 14.4 Å². The van der Waals surface area contributed by atoms with Gasteiger partial charge in [0, 0.05) is 26.2 Å². The van der Waals surface area contributed by atoms with Gasteiger partial charge in [0.05, 0.1) is 16.0 Å². The fourth-order valence-corrected chi connectivity index (χ4v) is 5.58. The lowest BCUT2D eigenvalue weighted by atomic mass is 10.1. The van der Waals surface area contributed by atoms with Gasteiger partial charge in [-0.25, -0.2) is 0 Å². The van der Waals surface area contributed by atoms with E-state index >= 15 is 0 Å². The van der Waals surface area contributed by atoms with Gasteiger partial charge in [-0.1, -0.05) is 29.5 Å². The number of piperazine rings is 1. The van der Waals surface area contributed by atoms with Crippen LogP contribution >= 0.6 is 22.7 Å². The lowest BCUT2D eigenvalue weighted by molar-refractivity contribution is -0.135. The summed E-state index contributed by atoms with van der Waals surface area (Å²) in [5.41, 5.74) is 0.713. The number of amides is 3. The molecule has 1 atom stereocenters. The summed E-state index contributed by atoms with van der Waals surface area (Å²) in [5.74, 6) is -1.03. The van der Waals surface area contributed by atoms with E-state index < -0.39 is 17.9 Å². The number of imide groups is 1. The van der Waals surface area contributed by atoms with Gasteiger partial charge in [-0.05, 0) is 30.5 Å². The van der Waals surface area contributed by atoms with Gasteiger partial charge in [-0.15, -0.1) is 21.5 Å². The Hall–Kier alpha value is -3.11. The first-order valence-electron chi connectivity index (χ1n) is 9.92. The fourth-order valence-electron chi connectivity index (χ4n) is 3.90. The van der Waals surface area contributed by atoms with Crippen molar-refractivity contribution >= 4 is 45.5 Å². The van der Waals surface area contributed by atoms with Crippen LogP contribution < -0.4 is 4.90 Å². The van der Waals surface area contributed by atoms with E-state index in [1.807, 2.05) is 17.5 Å². The molecular weight excluding hydrogens is 434 g/mol. The summed E-state index contributed by atoms with van der Waals surface area (Å²) in [6.45, 7) is 3.87. The lowest BCUT2D eigenvalue weighted by Gasteiger charge is -2.36. The summed E-state index contributed by atoms with van der Waals surface area (Å²) in [5, 5.41) is 12.3. The van der Waals surface area contributed by atoms with E-state index in [0.29, 0.717) is 37.3 Å². The van der Waals surface area contributed by atoms with Crippen molar-refractivity contribution in [3.05, 3.63) is 52.9 Å². The van der Waals surface area contributed by atoms with Gasteiger partial charge >= 0.3 is 0 Å². The molecule has 2 aliphatic heterocycles.